The Kier molecular flexibility index (Phi) is 1.70. The van der Waals surface area contributed by atoms with Gasteiger partial charge in [-0.05, 0) is 12.1 Å². The Bertz CT molecular complexity index is 893. The average molecular weight is 234 g/mol. The molecule has 2 aromatic carbocycles. The molecule has 4 rings (SSSR count). The molecule has 0 aliphatic heterocycles. The minimum absolute atomic E-state index is 0.650. The van der Waals surface area contributed by atoms with Crippen molar-refractivity contribution >= 4 is 38.5 Å². The van der Waals surface area contributed by atoms with Gasteiger partial charge in [-0.15, -0.1) is 0 Å². The lowest BCUT2D eigenvalue weighted by Gasteiger charge is -2.01. The number of nitrogen functional groups attached to an aromatic ring is 1. The van der Waals surface area contributed by atoms with E-state index in [4.69, 9.17) is 10.2 Å². The predicted molar refractivity (Wildman–Crippen MR) is 73.4 cm³/mol. The fourth-order valence-corrected chi connectivity index (χ4v) is 2.49. The van der Waals surface area contributed by atoms with Crippen LogP contribution in [-0.2, 0) is 0 Å². The van der Waals surface area contributed by atoms with E-state index < -0.39 is 0 Å². The van der Waals surface area contributed by atoms with Crippen LogP contribution in [0, 0.1) is 0 Å². The first kappa shape index (κ1) is 9.48. The lowest BCUT2D eigenvalue weighted by molar-refractivity contribution is 0.669. The molecule has 0 spiro atoms. The van der Waals surface area contributed by atoms with Crippen molar-refractivity contribution in [3.05, 3.63) is 48.7 Å². The van der Waals surface area contributed by atoms with Crippen LogP contribution in [-0.4, -0.2) is 4.98 Å². The van der Waals surface area contributed by atoms with Crippen LogP contribution in [0.5, 0.6) is 0 Å². The van der Waals surface area contributed by atoms with Gasteiger partial charge in [0, 0.05) is 28.4 Å². The van der Waals surface area contributed by atoms with Crippen LogP contribution in [0.3, 0.4) is 0 Å². The summed E-state index contributed by atoms with van der Waals surface area (Å²) in [6, 6.07) is 13.8. The highest BCUT2D eigenvalue weighted by Crippen LogP contribution is 2.36. The molecule has 0 unspecified atom stereocenters. The van der Waals surface area contributed by atoms with Gasteiger partial charge in [0.05, 0.1) is 11.2 Å². The third-order valence-electron chi connectivity index (χ3n) is 3.26. The van der Waals surface area contributed by atoms with E-state index in [0.29, 0.717) is 5.69 Å². The summed E-state index contributed by atoms with van der Waals surface area (Å²) >= 11 is 0. The lowest BCUT2D eigenvalue weighted by atomic mass is 10.1. The summed E-state index contributed by atoms with van der Waals surface area (Å²) in [6.45, 7) is 0. The standard InChI is InChI=1S/C15H10N2O/c16-11-8-13-14(10-5-3-7-17-15(10)11)9-4-1-2-6-12(9)18-13/h1-8H,16H2. The topological polar surface area (TPSA) is 52.0 Å². The van der Waals surface area contributed by atoms with Crippen LogP contribution < -0.4 is 5.73 Å². The maximum atomic E-state index is 6.02. The number of furan rings is 1. The average Bonchev–Trinajstić information content (AvgIpc) is 2.77. The number of rotatable bonds is 0. The molecule has 0 fully saturated rings. The molecule has 2 N–H and O–H groups in total. The van der Waals surface area contributed by atoms with Gasteiger partial charge >= 0.3 is 0 Å². The fraction of sp³-hybridized carbons (Fsp3) is 0. The van der Waals surface area contributed by atoms with Crippen molar-refractivity contribution in [1.29, 1.82) is 0 Å². The van der Waals surface area contributed by atoms with Crippen LogP contribution >= 0.6 is 0 Å². The molecule has 18 heavy (non-hydrogen) atoms. The van der Waals surface area contributed by atoms with Gasteiger partial charge in [-0.25, -0.2) is 0 Å². The van der Waals surface area contributed by atoms with Crippen molar-refractivity contribution in [1.82, 2.24) is 4.98 Å². The van der Waals surface area contributed by atoms with Gasteiger partial charge in [0.2, 0.25) is 0 Å². The number of pyridine rings is 1. The Morgan fingerprint density at radius 3 is 2.72 bits per heavy atom. The minimum Gasteiger partial charge on any atom is -0.456 e. The minimum atomic E-state index is 0.650. The molecular formula is C15H10N2O. The maximum Gasteiger partial charge on any atom is 0.138 e. The van der Waals surface area contributed by atoms with E-state index in [1.165, 1.54) is 0 Å². The van der Waals surface area contributed by atoms with E-state index in [0.717, 1.165) is 32.8 Å². The monoisotopic (exact) mass is 234 g/mol. The molecule has 0 radical (unpaired) electrons. The summed E-state index contributed by atoms with van der Waals surface area (Å²) in [7, 11) is 0. The molecule has 2 heterocycles. The number of fused-ring (bicyclic) bond motifs is 5. The first-order chi connectivity index (χ1) is 8.84. The van der Waals surface area contributed by atoms with Crippen LogP contribution in [0.2, 0.25) is 0 Å². The molecule has 0 aliphatic rings. The second-order valence-corrected chi connectivity index (χ2v) is 4.34. The van der Waals surface area contributed by atoms with E-state index in [-0.39, 0.29) is 0 Å². The zero-order chi connectivity index (χ0) is 12.1. The first-order valence-electron chi connectivity index (χ1n) is 5.79. The molecule has 2 aromatic heterocycles. The van der Waals surface area contributed by atoms with E-state index in [9.17, 15) is 0 Å². The SMILES string of the molecule is Nc1cc2oc3ccccc3c2c2cccnc12. The van der Waals surface area contributed by atoms with Crippen LogP contribution in [0.25, 0.3) is 32.8 Å². The second kappa shape index (κ2) is 3.23. The molecule has 4 aromatic rings. The van der Waals surface area contributed by atoms with E-state index in [2.05, 4.69) is 11.1 Å². The number of benzene rings is 2. The lowest BCUT2D eigenvalue weighted by Crippen LogP contribution is -1.89. The number of hydrogen-bond acceptors (Lipinski definition) is 3. The van der Waals surface area contributed by atoms with Gasteiger partial charge in [-0.2, -0.15) is 0 Å². The molecule has 0 atom stereocenters. The summed E-state index contributed by atoms with van der Waals surface area (Å²) < 4.78 is 5.83. The molecule has 0 bridgehead atoms. The van der Waals surface area contributed by atoms with Gasteiger partial charge in [-0.1, -0.05) is 24.3 Å². The van der Waals surface area contributed by atoms with E-state index in [1.54, 1.807) is 6.20 Å². The van der Waals surface area contributed by atoms with E-state index >= 15 is 0 Å². The highest BCUT2D eigenvalue weighted by Gasteiger charge is 2.12. The molecular weight excluding hydrogens is 224 g/mol. The molecule has 3 heteroatoms. The molecule has 3 nitrogen and oxygen atoms in total. The van der Waals surface area contributed by atoms with Crippen LogP contribution in [0.1, 0.15) is 0 Å². The number of nitrogens with zero attached hydrogens (tertiary/aromatic N) is 1. The number of anilines is 1. The number of aromatic nitrogens is 1. The molecule has 0 saturated heterocycles. The molecule has 86 valence electrons. The Balaban J connectivity index is 2.39. The van der Waals surface area contributed by atoms with Gasteiger partial charge in [-0.3, -0.25) is 4.98 Å². The quantitative estimate of drug-likeness (QED) is 0.472. The third-order valence-corrected chi connectivity index (χ3v) is 3.26. The summed E-state index contributed by atoms with van der Waals surface area (Å²) in [5.74, 6) is 0. The number of para-hydroxylation sites is 1. The Morgan fingerprint density at radius 2 is 1.78 bits per heavy atom. The van der Waals surface area contributed by atoms with Crippen LogP contribution in [0.15, 0.2) is 53.1 Å². The zero-order valence-corrected chi connectivity index (χ0v) is 9.55. The van der Waals surface area contributed by atoms with Crippen molar-refractivity contribution in [3.63, 3.8) is 0 Å². The maximum absolute atomic E-state index is 6.02. The molecule has 0 aliphatic carbocycles. The number of hydrogen-bond donors (Lipinski definition) is 1. The normalized spacial score (nSPS) is 11.6. The van der Waals surface area contributed by atoms with Crippen LogP contribution in [0.4, 0.5) is 5.69 Å². The van der Waals surface area contributed by atoms with Gasteiger partial charge in [0.1, 0.15) is 11.2 Å². The van der Waals surface area contributed by atoms with Gasteiger partial charge < -0.3 is 10.2 Å². The Morgan fingerprint density at radius 1 is 0.944 bits per heavy atom. The number of nitrogens with two attached hydrogens (primary N) is 1. The largest absolute Gasteiger partial charge is 0.456 e. The Labute approximate surface area is 103 Å². The highest BCUT2D eigenvalue weighted by molar-refractivity contribution is 6.20. The smallest absolute Gasteiger partial charge is 0.138 e. The van der Waals surface area contributed by atoms with Crippen molar-refractivity contribution < 1.29 is 4.42 Å². The zero-order valence-electron chi connectivity index (χ0n) is 9.55. The summed E-state index contributed by atoms with van der Waals surface area (Å²) in [4.78, 5) is 4.35. The van der Waals surface area contributed by atoms with Crippen molar-refractivity contribution in [2.75, 3.05) is 5.73 Å². The molecule has 0 amide bonds. The third kappa shape index (κ3) is 1.10. The highest BCUT2D eigenvalue weighted by atomic mass is 16.3. The van der Waals surface area contributed by atoms with E-state index in [1.807, 2.05) is 36.4 Å². The summed E-state index contributed by atoms with van der Waals surface area (Å²) in [6.07, 6.45) is 1.76. The summed E-state index contributed by atoms with van der Waals surface area (Å²) in [5.41, 5.74) is 9.19. The summed E-state index contributed by atoms with van der Waals surface area (Å²) in [5, 5.41) is 3.23. The van der Waals surface area contributed by atoms with Crippen molar-refractivity contribution in [2.24, 2.45) is 0 Å². The first-order valence-corrected chi connectivity index (χ1v) is 5.79. The van der Waals surface area contributed by atoms with Gasteiger partial charge in [0.25, 0.3) is 0 Å². The predicted octanol–water partition coefficient (Wildman–Crippen LogP) is 3.72. The Hall–Kier alpha value is -2.55. The fourth-order valence-electron chi connectivity index (χ4n) is 2.49. The molecule has 0 saturated carbocycles. The second-order valence-electron chi connectivity index (χ2n) is 4.34. The van der Waals surface area contributed by atoms with Gasteiger partial charge in [0.15, 0.2) is 0 Å². The van der Waals surface area contributed by atoms with Crippen molar-refractivity contribution in [2.45, 2.75) is 0 Å². The van der Waals surface area contributed by atoms with Crippen molar-refractivity contribution in [3.8, 4) is 0 Å².